The number of fused-ring (bicyclic) bond motifs is 5. The fourth-order valence-corrected chi connectivity index (χ4v) is 6.38. The van der Waals surface area contributed by atoms with Crippen LogP contribution in [0.25, 0.3) is 0 Å². The van der Waals surface area contributed by atoms with E-state index in [1.165, 1.54) is 50.5 Å². The Morgan fingerprint density at radius 2 is 1.95 bits per heavy atom. The average Bonchev–Trinajstić information content (AvgIpc) is 2.89. The van der Waals surface area contributed by atoms with Gasteiger partial charge in [0, 0.05) is 6.42 Å². The maximum absolute atomic E-state index is 11.7. The number of allylic oxidation sites excluding steroid dienone is 2. The van der Waals surface area contributed by atoms with Crippen molar-refractivity contribution in [2.45, 2.75) is 57.8 Å². The van der Waals surface area contributed by atoms with Gasteiger partial charge in [-0.3, -0.25) is 4.79 Å². The summed E-state index contributed by atoms with van der Waals surface area (Å²) in [5, 5.41) is 0. The lowest BCUT2D eigenvalue weighted by molar-refractivity contribution is -0.115. The highest BCUT2D eigenvalue weighted by atomic mass is 16.1. The Labute approximate surface area is 128 Å². The molecule has 0 spiro atoms. The standard InChI is InChI=1S/C20H28O/c1-2-3-13-10-14-4-7-18-17-9-6-16(21)12-15(17)5-8-19(18)20(14)11-13/h2,12-14,17-20H,1,3-11H2/t13?,14-,17+,18-,19-,20-/m1/s1. The molecule has 4 aliphatic rings. The summed E-state index contributed by atoms with van der Waals surface area (Å²) in [5.74, 6) is 5.94. The second kappa shape index (κ2) is 5.41. The maximum Gasteiger partial charge on any atom is 0.155 e. The van der Waals surface area contributed by atoms with Crippen LogP contribution in [-0.4, -0.2) is 5.78 Å². The molecule has 0 aliphatic heterocycles. The first kappa shape index (κ1) is 13.8. The molecule has 1 nitrogen and oxygen atoms in total. The zero-order valence-electron chi connectivity index (χ0n) is 13.1. The number of hydrogen-bond acceptors (Lipinski definition) is 1. The first-order valence-corrected chi connectivity index (χ1v) is 9.10. The highest BCUT2D eigenvalue weighted by Gasteiger charge is 2.49. The Bertz CT molecular complexity index is 474. The van der Waals surface area contributed by atoms with E-state index in [4.69, 9.17) is 0 Å². The zero-order valence-corrected chi connectivity index (χ0v) is 13.1. The number of carbonyl (C=O) groups excluding carboxylic acids is 1. The minimum absolute atomic E-state index is 0.389. The number of rotatable bonds is 2. The van der Waals surface area contributed by atoms with Crippen molar-refractivity contribution in [2.24, 2.45) is 35.5 Å². The molecule has 3 fully saturated rings. The highest BCUT2D eigenvalue weighted by molar-refractivity contribution is 5.91. The molecule has 21 heavy (non-hydrogen) atoms. The van der Waals surface area contributed by atoms with E-state index in [0.717, 1.165) is 48.3 Å². The van der Waals surface area contributed by atoms with Crippen LogP contribution in [-0.2, 0) is 4.79 Å². The van der Waals surface area contributed by atoms with Crippen LogP contribution in [0.15, 0.2) is 24.3 Å². The topological polar surface area (TPSA) is 17.1 Å². The minimum Gasteiger partial charge on any atom is -0.295 e. The van der Waals surface area contributed by atoms with Gasteiger partial charge in [-0.25, -0.2) is 0 Å². The molecule has 4 aliphatic carbocycles. The molecule has 0 bridgehead atoms. The van der Waals surface area contributed by atoms with Crippen molar-refractivity contribution in [2.75, 3.05) is 0 Å². The van der Waals surface area contributed by atoms with Crippen LogP contribution in [0.5, 0.6) is 0 Å². The first-order chi connectivity index (χ1) is 10.3. The fraction of sp³-hybridized carbons (Fsp3) is 0.750. The van der Waals surface area contributed by atoms with Crippen LogP contribution < -0.4 is 0 Å². The Morgan fingerprint density at radius 3 is 2.81 bits per heavy atom. The molecule has 114 valence electrons. The van der Waals surface area contributed by atoms with E-state index in [1.54, 1.807) is 0 Å². The lowest BCUT2D eigenvalue weighted by atomic mass is 9.56. The summed E-state index contributed by atoms with van der Waals surface area (Å²) in [6.45, 7) is 3.94. The van der Waals surface area contributed by atoms with Crippen molar-refractivity contribution in [1.82, 2.24) is 0 Å². The van der Waals surface area contributed by atoms with Gasteiger partial charge in [0.15, 0.2) is 5.78 Å². The van der Waals surface area contributed by atoms with Gasteiger partial charge >= 0.3 is 0 Å². The predicted octanol–water partition coefficient (Wildman–Crippen LogP) is 4.93. The summed E-state index contributed by atoms with van der Waals surface area (Å²) in [7, 11) is 0. The molecule has 1 heteroatoms. The molecule has 4 rings (SSSR count). The van der Waals surface area contributed by atoms with Gasteiger partial charge in [0.25, 0.3) is 0 Å². The Morgan fingerprint density at radius 1 is 1.05 bits per heavy atom. The third-order valence-electron chi connectivity index (χ3n) is 7.13. The van der Waals surface area contributed by atoms with E-state index in [1.807, 2.05) is 6.08 Å². The van der Waals surface area contributed by atoms with E-state index in [9.17, 15) is 4.79 Å². The molecule has 0 saturated heterocycles. The summed E-state index contributed by atoms with van der Waals surface area (Å²) in [6.07, 6.45) is 15.7. The van der Waals surface area contributed by atoms with Crippen molar-refractivity contribution in [3.8, 4) is 0 Å². The van der Waals surface area contributed by atoms with Crippen LogP contribution in [0.2, 0.25) is 0 Å². The molecule has 0 amide bonds. The SMILES string of the molecule is C=CCC1C[C@H]2CC[C@H]3[C@@H](CCC4=CC(=O)CC[C@@H]43)[C@@H]2C1. The third-order valence-corrected chi connectivity index (χ3v) is 7.13. The van der Waals surface area contributed by atoms with Gasteiger partial charge < -0.3 is 0 Å². The van der Waals surface area contributed by atoms with E-state index < -0.39 is 0 Å². The van der Waals surface area contributed by atoms with Crippen LogP contribution in [0, 0.1) is 35.5 Å². The van der Waals surface area contributed by atoms with Gasteiger partial charge in [-0.15, -0.1) is 6.58 Å². The molecule has 0 aromatic carbocycles. The van der Waals surface area contributed by atoms with Crippen molar-refractivity contribution in [1.29, 1.82) is 0 Å². The van der Waals surface area contributed by atoms with Crippen molar-refractivity contribution >= 4 is 5.78 Å². The molecule has 0 N–H and O–H groups in total. The lowest BCUT2D eigenvalue weighted by Gasteiger charge is -2.49. The quantitative estimate of drug-likeness (QED) is 0.657. The second-order valence-electron chi connectivity index (χ2n) is 8.06. The summed E-state index contributed by atoms with van der Waals surface area (Å²) >= 11 is 0. The van der Waals surface area contributed by atoms with Crippen molar-refractivity contribution in [3.63, 3.8) is 0 Å². The molecule has 1 unspecified atom stereocenters. The van der Waals surface area contributed by atoms with Gasteiger partial charge in [0.1, 0.15) is 0 Å². The van der Waals surface area contributed by atoms with Crippen molar-refractivity contribution in [3.05, 3.63) is 24.3 Å². The molecule has 0 heterocycles. The van der Waals surface area contributed by atoms with Gasteiger partial charge in [0.05, 0.1) is 0 Å². The normalized spacial score (nSPS) is 45.3. The van der Waals surface area contributed by atoms with E-state index in [0.29, 0.717) is 5.78 Å². The molecular weight excluding hydrogens is 256 g/mol. The van der Waals surface area contributed by atoms with Crippen molar-refractivity contribution < 1.29 is 4.79 Å². The van der Waals surface area contributed by atoms with Gasteiger partial charge in [0.2, 0.25) is 0 Å². The Hall–Kier alpha value is -0.850. The van der Waals surface area contributed by atoms with E-state index in [-0.39, 0.29) is 0 Å². The van der Waals surface area contributed by atoms with E-state index >= 15 is 0 Å². The Balaban J connectivity index is 1.53. The van der Waals surface area contributed by atoms with Gasteiger partial charge in [-0.1, -0.05) is 11.6 Å². The summed E-state index contributed by atoms with van der Waals surface area (Å²) in [4.78, 5) is 11.7. The smallest absolute Gasteiger partial charge is 0.155 e. The average molecular weight is 284 g/mol. The lowest BCUT2D eigenvalue weighted by Crippen LogP contribution is -2.40. The summed E-state index contributed by atoms with van der Waals surface area (Å²) < 4.78 is 0. The first-order valence-electron chi connectivity index (χ1n) is 9.10. The zero-order chi connectivity index (χ0) is 14.4. The summed E-state index contributed by atoms with van der Waals surface area (Å²) in [5.41, 5.74) is 1.52. The predicted molar refractivity (Wildman–Crippen MR) is 85.8 cm³/mol. The molecule has 0 aromatic heterocycles. The Kier molecular flexibility index (Phi) is 3.55. The molecular formula is C20H28O. The largest absolute Gasteiger partial charge is 0.295 e. The van der Waals surface area contributed by atoms with Crippen LogP contribution in [0.3, 0.4) is 0 Å². The fourth-order valence-electron chi connectivity index (χ4n) is 6.38. The second-order valence-corrected chi connectivity index (χ2v) is 8.06. The van der Waals surface area contributed by atoms with Gasteiger partial charge in [-0.2, -0.15) is 0 Å². The molecule has 0 radical (unpaired) electrons. The third kappa shape index (κ3) is 2.33. The maximum atomic E-state index is 11.7. The van der Waals surface area contributed by atoms with Crippen LogP contribution >= 0.6 is 0 Å². The molecule has 0 aromatic rings. The highest BCUT2D eigenvalue weighted by Crippen LogP contribution is 2.58. The summed E-state index contributed by atoms with van der Waals surface area (Å²) in [6, 6.07) is 0. The van der Waals surface area contributed by atoms with Crippen LogP contribution in [0.1, 0.15) is 57.8 Å². The van der Waals surface area contributed by atoms with E-state index in [2.05, 4.69) is 12.7 Å². The minimum atomic E-state index is 0.389. The number of ketones is 1. The number of hydrogen-bond donors (Lipinski definition) is 0. The molecule has 6 atom stereocenters. The van der Waals surface area contributed by atoms with Gasteiger partial charge in [-0.05, 0) is 93.0 Å². The monoisotopic (exact) mass is 284 g/mol. The molecule has 3 saturated carbocycles. The number of carbonyl (C=O) groups is 1. The van der Waals surface area contributed by atoms with Crippen LogP contribution in [0.4, 0.5) is 0 Å².